The van der Waals surface area contributed by atoms with Gasteiger partial charge in [-0.2, -0.15) is 0 Å². The van der Waals surface area contributed by atoms with Crippen molar-refractivity contribution >= 4 is 29.1 Å². The Balaban J connectivity index is 1.72. The van der Waals surface area contributed by atoms with Gasteiger partial charge in [0.2, 0.25) is 6.04 Å². The molecule has 1 fully saturated rings. The predicted octanol–water partition coefficient (Wildman–Crippen LogP) is 5.25. The second kappa shape index (κ2) is 9.07. The summed E-state index contributed by atoms with van der Waals surface area (Å²) in [6.07, 6.45) is 3.73. The Hall–Kier alpha value is -3.84. The van der Waals surface area contributed by atoms with E-state index in [2.05, 4.69) is 0 Å². The fraction of sp³-hybridized carbons (Fsp3) is 0.222. The van der Waals surface area contributed by atoms with E-state index in [1.54, 1.807) is 42.5 Å². The van der Waals surface area contributed by atoms with Gasteiger partial charge in [-0.3, -0.25) is 14.9 Å². The summed E-state index contributed by atoms with van der Waals surface area (Å²) in [5.74, 6) is 0.00995. The van der Waals surface area contributed by atoms with Crippen molar-refractivity contribution in [2.24, 2.45) is 0 Å². The fourth-order valence-electron chi connectivity index (χ4n) is 5.27. The Kier molecular flexibility index (Phi) is 5.94. The van der Waals surface area contributed by atoms with Crippen LogP contribution in [0.2, 0.25) is 5.02 Å². The SMILES string of the molecule is COc1ccc([C@H]2[C@H]([N+](=O)[O-])[C@H]3C=Cc4ccccc4N3[C@H]2C(=O)c2ccc(Cl)cc2)cc1OC. The number of ketones is 1. The lowest BCUT2D eigenvalue weighted by molar-refractivity contribution is -0.524. The Morgan fingerprint density at radius 2 is 1.71 bits per heavy atom. The van der Waals surface area contributed by atoms with Crippen LogP contribution in [0.4, 0.5) is 5.69 Å². The van der Waals surface area contributed by atoms with E-state index in [0.717, 1.165) is 11.3 Å². The molecule has 0 aromatic heterocycles. The number of ether oxygens (including phenoxy) is 2. The second-order valence-electron chi connectivity index (χ2n) is 8.55. The van der Waals surface area contributed by atoms with Gasteiger partial charge in [0, 0.05) is 21.2 Å². The van der Waals surface area contributed by atoms with Gasteiger partial charge in [0.25, 0.3) is 0 Å². The molecular formula is C27H23ClN2O5. The maximum Gasteiger partial charge on any atom is 0.245 e. The molecule has 2 heterocycles. The van der Waals surface area contributed by atoms with Gasteiger partial charge in [0.1, 0.15) is 12.1 Å². The third kappa shape index (κ3) is 3.82. The molecule has 3 aromatic carbocycles. The molecule has 1 saturated heterocycles. The number of rotatable bonds is 6. The van der Waals surface area contributed by atoms with Crippen LogP contribution < -0.4 is 14.4 Å². The van der Waals surface area contributed by atoms with Crippen LogP contribution >= 0.6 is 11.6 Å². The smallest absolute Gasteiger partial charge is 0.245 e. The highest BCUT2D eigenvalue weighted by atomic mass is 35.5. The number of nitrogens with zero attached hydrogens (tertiary/aromatic N) is 2. The molecule has 2 aliphatic rings. The summed E-state index contributed by atoms with van der Waals surface area (Å²) in [4.78, 5) is 28.2. The molecule has 0 unspecified atom stereocenters. The third-order valence-corrected chi connectivity index (χ3v) is 7.05. The Morgan fingerprint density at radius 3 is 2.40 bits per heavy atom. The van der Waals surface area contributed by atoms with E-state index in [4.69, 9.17) is 21.1 Å². The van der Waals surface area contributed by atoms with Crippen LogP contribution in [-0.4, -0.2) is 43.1 Å². The summed E-state index contributed by atoms with van der Waals surface area (Å²) in [6.45, 7) is 0. The number of Topliss-reactive ketones (excluding diaryl/α,β-unsaturated/α-hetero) is 1. The first kappa shape index (κ1) is 22.9. The Labute approximate surface area is 207 Å². The minimum absolute atomic E-state index is 0.207. The molecule has 0 spiro atoms. The molecule has 2 aliphatic heterocycles. The number of halogens is 1. The number of hydrogen-bond donors (Lipinski definition) is 0. The van der Waals surface area contributed by atoms with Crippen LogP contribution in [0.1, 0.15) is 27.4 Å². The molecule has 8 heteroatoms. The monoisotopic (exact) mass is 490 g/mol. The second-order valence-corrected chi connectivity index (χ2v) is 8.98. The normalized spacial score (nSPS) is 22.3. The van der Waals surface area contributed by atoms with Gasteiger partial charge >= 0.3 is 0 Å². The fourth-order valence-corrected chi connectivity index (χ4v) is 5.40. The van der Waals surface area contributed by atoms with Crippen molar-refractivity contribution in [3.05, 3.63) is 105 Å². The summed E-state index contributed by atoms with van der Waals surface area (Å²) in [5, 5.41) is 13.1. The molecule has 178 valence electrons. The van der Waals surface area contributed by atoms with Gasteiger partial charge in [-0.25, -0.2) is 0 Å². The average molecular weight is 491 g/mol. The summed E-state index contributed by atoms with van der Waals surface area (Å²) in [6, 6.07) is 17.0. The highest BCUT2D eigenvalue weighted by Gasteiger charge is 2.59. The van der Waals surface area contributed by atoms with Gasteiger partial charge in [-0.1, -0.05) is 48.0 Å². The summed E-state index contributed by atoms with van der Waals surface area (Å²) in [7, 11) is 3.04. The number of anilines is 1. The largest absolute Gasteiger partial charge is 0.493 e. The summed E-state index contributed by atoms with van der Waals surface area (Å²) in [5.41, 5.74) is 2.78. The molecular weight excluding hydrogens is 468 g/mol. The van der Waals surface area contributed by atoms with Crippen molar-refractivity contribution in [2.45, 2.75) is 24.0 Å². The predicted molar refractivity (Wildman–Crippen MR) is 134 cm³/mol. The number of carbonyl (C=O) groups excluding carboxylic acids is 1. The van der Waals surface area contributed by atoms with Crippen LogP contribution in [0.15, 0.2) is 72.8 Å². The van der Waals surface area contributed by atoms with Crippen LogP contribution in [-0.2, 0) is 0 Å². The standard InChI is InChI=1S/C27H23ClN2O5/c1-34-22-14-10-18(15-23(22)35-2)24-25(30(32)33)21-13-9-16-5-3-4-6-20(16)29(21)26(24)27(31)17-7-11-19(28)12-8-17/h3-15,21,24-26H,1-2H3/t21-,24+,25-,26-/m1/s1. The number of hydrogen-bond acceptors (Lipinski definition) is 6. The van der Waals surface area contributed by atoms with Crippen molar-refractivity contribution in [1.82, 2.24) is 0 Å². The molecule has 5 rings (SSSR count). The molecule has 0 N–H and O–H groups in total. The molecule has 3 aromatic rings. The lowest BCUT2D eigenvalue weighted by Crippen LogP contribution is -2.44. The first-order chi connectivity index (χ1) is 16.9. The maximum absolute atomic E-state index is 14.1. The van der Waals surface area contributed by atoms with E-state index in [9.17, 15) is 14.9 Å². The van der Waals surface area contributed by atoms with Crippen molar-refractivity contribution < 1.29 is 19.2 Å². The van der Waals surface area contributed by atoms with Gasteiger partial charge in [-0.05, 0) is 53.6 Å². The van der Waals surface area contributed by atoms with Crippen molar-refractivity contribution in [3.8, 4) is 11.5 Å². The molecule has 0 aliphatic carbocycles. The first-order valence-corrected chi connectivity index (χ1v) is 11.5. The van der Waals surface area contributed by atoms with E-state index in [-0.39, 0.29) is 10.7 Å². The van der Waals surface area contributed by atoms with E-state index in [0.29, 0.717) is 27.6 Å². The van der Waals surface area contributed by atoms with Gasteiger partial charge in [-0.15, -0.1) is 0 Å². The van der Waals surface area contributed by atoms with Crippen molar-refractivity contribution in [1.29, 1.82) is 0 Å². The summed E-state index contributed by atoms with van der Waals surface area (Å²) < 4.78 is 10.8. The third-order valence-electron chi connectivity index (χ3n) is 6.80. The minimum Gasteiger partial charge on any atom is -0.493 e. The Bertz CT molecular complexity index is 1320. The number of carbonyl (C=O) groups is 1. The van der Waals surface area contributed by atoms with E-state index >= 15 is 0 Å². The van der Waals surface area contributed by atoms with E-state index in [1.807, 2.05) is 41.3 Å². The average Bonchev–Trinajstić information content (AvgIpc) is 3.24. The Morgan fingerprint density at radius 1 is 1.00 bits per heavy atom. The number of methoxy groups -OCH3 is 2. The van der Waals surface area contributed by atoms with Gasteiger partial charge < -0.3 is 14.4 Å². The van der Waals surface area contributed by atoms with Gasteiger partial charge in [0.05, 0.1) is 20.1 Å². The number of fused-ring (bicyclic) bond motifs is 3. The molecule has 0 amide bonds. The minimum atomic E-state index is -1.06. The lowest BCUT2D eigenvalue weighted by Gasteiger charge is -2.34. The molecule has 35 heavy (non-hydrogen) atoms. The zero-order valence-corrected chi connectivity index (χ0v) is 19.9. The molecule has 7 nitrogen and oxygen atoms in total. The summed E-state index contributed by atoms with van der Waals surface area (Å²) >= 11 is 6.06. The maximum atomic E-state index is 14.1. The van der Waals surface area contributed by atoms with E-state index < -0.39 is 24.0 Å². The van der Waals surface area contributed by atoms with E-state index in [1.165, 1.54) is 14.2 Å². The number of benzene rings is 3. The highest BCUT2D eigenvalue weighted by Crippen LogP contribution is 2.48. The highest BCUT2D eigenvalue weighted by molar-refractivity contribution is 6.30. The zero-order chi connectivity index (χ0) is 24.7. The number of nitro groups is 1. The van der Waals surface area contributed by atoms with Crippen molar-refractivity contribution in [2.75, 3.05) is 19.1 Å². The topological polar surface area (TPSA) is 81.9 Å². The van der Waals surface area contributed by atoms with Crippen LogP contribution in [0, 0.1) is 10.1 Å². The molecule has 0 bridgehead atoms. The van der Waals surface area contributed by atoms with Gasteiger partial charge in [0.15, 0.2) is 17.3 Å². The molecule has 4 atom stereocenters. The van der Waals surface area contributed by atoms with Crippen molar-refractivity contribution in [3.63, 3.8) is 0 Å². The zero-order valence-electron chi connectivity index (χ0n) is 19.1. The van der Waals surface area contributed by atoms with Crippen LogP contribution in [0.3, 0.4) is 0 Å². The first-order valence-electron chi connectivity index (χ1n) is 11.2. The number of para-hydroxylation sites is 1. The van der Waals surface area contributed by atoms with Crippen LogP contribution in [0.5, 0.6) is 11.5 Å². The lowest BCUT2D eigenvalue weighted by atomic mass is 9.83. The molecule has 0 radical (unpaired) electrons. The van der Waals surface area contributed by atoms with Crippen LogP contribution in [0.25, 0.3) is 6.08 Å². The molecule has 0 saturated carbocycles. The quantitative estimate of drug-likeness (QED) is 0.266.